The lowest BCUT2D eigenvalue weighted by Gasteiger charge is -2.40. The molecule has 1 aliphatic heterocycles. The number of nitrogens with zero attached hydrogens (tertiary/aromatic N) is 1. The molecule has 302 valence electrons. The summed E-state index contributed by atoms with van der Waals surface area (Å²) in [5.74, 6) is -4.09. The standard InChI is InChI=1S/C41H66N6O7/c1-5-14-29(33(48)37(51)43-28-21-22-28)44-35(49)31-23-27-19-12-13-20-30(27)47(31)40(54)34(41(2,3)4)46-36(50)32(26-17-10-7-11-18-26)45-39(53)38(52)42-24-25-15-8-6-9-16-25/h25-32,34H,5-24H2,1-4H3,(H,42,52)(H,43,51)(H,44,49)(H,45,53)(H,46,50)/t27-,29-,30-,31-,32-,34+/m0/s1. The number of likely N-dealkylation sites (tertiary alicyclic amines) is 1. The molecule has 0 aromatic rings. The Labute approximate surface area is 321 Å². The summed E-state index contributed by atoms with van der Waals surface area (Å²) in [6.07, 6.45) is 16.2. The maximum absolute atomic E-state index is 14.9. The smallest absolute Gasteiger partial charge is 0.309 e. The van der Waals surface area contributed by atoms with Crippen molar-refractivity contribution in [2.75, 3.05) is 6.54 Å². The summed E-state index contributed by atoms with van der Waals surface area (Å²) >= 11 is 0. The first-order valence-electron chi connectivity index (χ1n) is 21.1. The Morgan fingerprint density at radius 2 is 1.33 bits per heavy atom. The second kappa shape index (κ2) is 18.9. The number of hydrogen-bond acceptors (Lipinski definition) is 7. The van der Waals surface area contributed by atoms with Crippen molar-refractivity contribution < 1.29 is 33.6 Å². The Morgan fingerprint density at radius 3 is 1.96 bits per heavy atom. The number of Topliss-reactive ketones (excluding diaryl/α,β-unsaturated/α-hetero) is 1. The molecular formula is C41H66N6O7. The van der Waals surface area contributed by atoms with Crippen molar-refractivity contribution in [2.45, 2.75) is 186 Å². The molecule has 13 nitrogen and oxygen atoms in total. The summed E-state index contributed by atoms with van der Waals surface area (Å²) in [5.41, 5.74) is -0.777. The van der Waals surface area contributed by atoms with Crippen LogP contribution in [0.15, 0.2) is 0 Å². The molecule has 5 rings (SSSR count). The van der Waals surface area contributed by atoms with Crippen LogP contribution in [-0.2, 0) is 33.6 Å². The topological polar surface area (TPSA) is 183 Å². The van der Waals surface area contributed by atoms with Crippen LogP contribution in [-0.4, -0.2) is 88.9 Å². The van der Waals surface area contributed by atoms with Gasteiger partial charge in [0.15, 0.2) is 0 Å². The lowest BCUT2D eigenvalue weighted by molar-refractivity contribution is -0.148. The van der Waals surface area contributed by atoms with Crippen molar-refractivity contribution in [3.8, 4) is 0 Å². The van der Waals surface area contributed by atoms with E-state index >= 15 is 0 Å². The first-order chi connectivity index (χ1) is 25.8. The zero-order valence-electron chi connectivity index (χ0n) is 33.1. The minimum atomic E-state index is -1.04. The van der Waals surface area contributed by atoms with Crippen LogP contribution in [0.2, 0.25) is 0 Å². The summed E-state index contributed by atoms with van der Waals surface area (Å²) in [7, 11) is 0. The van der Waals surface area contributed by atoms with E-state index in [1.54, 1.807) is 4.90 Å². The lowest BCUT2D eigenvalue weighted by atomic mass is 9.81. The highest BCUT2D eigenvalue weighted by atomic mass is 16.2. The molecule has 0 aromatic heterocycles. The van der Waals surface area contributed by atoms with Crippen LogP contribution >= 0.6 is 0 Å². The van der Waals surface area contributed by atoms with E-state index < -0.39 is 64.9 Å². The Kier molecular flexibility index (Phi) is 14.6. The fraction of sp³-hybridized carbons (Fsp3) is 0.829. The summed E-state index contributed by atoms with van der Waals surface area (Å²) in [4.78, 5) is 97.2. The molecule has 1 saturated heterocycles. The molecular weight excluding hydrogens is 688 g/mol. The zero-order valence-corrected chi connectivity index (χ0v) is 33.1. The van der Waals surface area contributed by atoms with Gasteiger partial charge in [-0.3, -0.25) is 33.6 Å². The largest absolute Gasteiger partial charge is 0.348 e. The van der Waals surface area contributed by atoms with Gasteiger partial charge in [0.2, 0.25) is 23.5 Å². The van der Waals surface area contributed by atoms with Gasteiger partial charge < -0.3 is 31.5 Å². The van der Waals surface area contributed by atoms with Gasteiger partial charge in [-0.25, -0.2) is 0 Å². The highest BCUT2D eigenvalue weighted by Crippen LogP contribution is 2.41. The molecule has 1 heterocycles. The highest BCUT2D eigenvalue weighted by molar-refractivity contribution is 6.38. The molecule has 0 bridgehead atoms. The predicted octanol–water partition coefficient (Wildman–Crippen LogP) is 3.57. The minimum absolute atomic E-state index is 0.00414. The summed E-state index contributed by atoms with van der Waals surface area (Å²) in [6, 6.07) is -4.11. The van der Waals surface area contributed by atoms with E-state index in [0.29, 0.717) is 44.6 Å². The SMILES string of the molecule is CCC[C@H](NC(=O)[C@@H]1C[C@@H]2CCCC[C@@H]2N1C(=O)[C@@H](NC(=O)[C@@H](NC(=O)C(=O)NCC1CCCCC1)C1CCCCC1)C(C)(C)C)C(=O)C(=O)NC1CC1. The molecule has 6 atom stereocenters. The van der Waals surface area contributed by atoms with Gasteiger partial charge in [0.25, 0.3) is 5.91 Å². The van der Waals surface area contributed by atoms with Crippen molar-refractivity contribution in [3.63, 3.8) is 0 Å². The normalized spacial score (nSPS) is 25.3. The first-order valence-corrected chi connectivity index (χ1v) is 21.1. The Morgan fingerprint density at radius 1 is 0.704 bits per heavy atom. The number of fused-ring (bicyclic) bond motifs is 1. The summed E-state index contributed by atoms with van der Waals surface area (Å²) in [6.45, 7) is 7.90. The molecule has 4 saturated carbocycles. The highest BCUT2D eigenvalue weighted by Gasteiger charge is 2.51. The Hall–Kier alpha value is -3.51. The van der Waals surface area contributed by atoms with Gasteiger partial charge in [0.1, 0.15) is 18.1 Å². The van der Waals surface area contributed by atoms with Gasteiger partial charge in [-0.2, -0.15) is 0 Å². The van der Waals surface area contributed by atoms with E-state index in [2.05, 4.69) is 26.6 Å². The second-order valence-corrected chi connectivity index (χ2v) is 17.9. The van der Waals surface area contributed by atoms with E-state index in [9.17, 15) is 33.6 Å². The summed E-state index contributed by atoms with van der Waals surface area (Å²) < 4.78 is 0. The maximum Gasteiger partial charge on any atom is 0.309 e. The Balaban J connectivity index is 1.33. The third-order valence-corrected chi connectivity index (χ3v) is 12.6. The van der Waals surface area contributed by atoms with Crippen LogP contribution in [0.4, 0.5) is 0 Å². The molecule has 5 N–H and O–H groups in total. The average Bonchev–Trinajstić information content (AvgIpc) is 3.89. The minimum Gasteiger partial charge on any atom is -0.348 e. The number of nitrogens with one attached hydrogen (secondary N) is 5. The molecule has 54 heavy (non-hydrogen) atoms. The van der Waals surface area contributed by atoms with E-state index in [4.69, 9.17) is 0 Å². The van der Waals surface area contributed by atoms with Gasteiger partial charge in [-0.1, -0.05) is 85.5 Å². The molecule has 5 fully saturated rings. The third kappa shape index (κ3) is 10.8. The van der Waals surface area contributed by atoms with Gasteiger partial charge in [0.05, 0.1) is 6.04 Å². The molecule has 0 radical (unpaired) electrons. The lowest BCUT2D eigenvalue weighted by Crippen LogP contribution is -2.63. The number of amides is 6. The monoisotopic (exact) mass is 754 g/mol. The number of carbonyl (C=O) groups is 7. The molecule has 6 amide bonds. The van der Waals surface area contributed by atoms with Crippen LogP contribution in [0, 0.1) is 23.2 Å². The number of ketones is 1. The van der Waals surface area contributed by atoms with E-state index in [-0.39, 0.29) is 29.8 Å². The fourth-order valence-corrected chi connectivity index (χ4v) is 9.29. The van der Waals surface area contributed by atoms with Crippen molar-refractivity contribution >= 4 is 41.2 Å². The molecule has 0 unspecified atom stereocenters. The molecule has 0 aromatic carbocycles. The zero-order chi connectivity index (χ0) is 39.0. The van der Waals surface area contributed by atoms with Gasteiger partial charge in [0, 0.05) is 18.6 Å². The third-order valence-electron chi connectivity index (χ3n) is 12.6. The van der Waals surface area contributed by atoms with Crippen molar-refractivity contribution in [1.82, 2.24) is 31.5 Å². The Bertz CT molecular complexity index is 1380. The van der Waals surface area contributed by atoms with Gasteiger partial charge in [-0.05, 0) is 87.4 Å². The molecule has 0 spiro atoms. The van der Waals surface area contributed by atoms with E-state index in [1.165, 1.54) is 6.42 Å². The van der Waals surface area contributed by atoms with Crippen molar-refractivity contribution in [3.05, 3.63) is 0 Å². The summed E-state index contributed by atoms with van der Waals surface area (Å²) in [5, 5.41) is 14.1. The van der Waals surface area contributed by atoms with Gasteiger partial charge >= 0.3 is 11.8 Å². The number of rotatable bonds is 14. The van der Waals surface area contributed by atoms with Crippen LogP contribution < -0.4 is 26.6 Å². The first kappa shape index (κ1) is 41.6. The van der Waals surface area contributed by atoms with Crippen molar-refractivity contribution in [2.24, 2.45) is 23.2 Å². The number of hydrogen-bond donors (Lipinski definition) is 5. The fourth-order valence-electron chi connectivity index (χ4n) is 9.29. The average molecular weight is 755 g/mol. The van der Waals surface area contributed by atoms with Crippen molar-refractivity contribution in [1.29, 1.82) is 0 Å². The second-order valence-electron chi connectivity index (χ2n) is 17.9. The van der Waals surface area contributed by atoms with Crippen LogP contribution in [0.5, 0.6) is 0 Å². The molecule has 5 aliphatic rings. The maximum atomic E-state index is 14.9. The molecule has 13 heteroatoms. The number of carbonyl (C=O) groups excluding carboxylic acids is 7. The van der Waals surface area contributed by atoms with Crippen LogP contribution in [0.1, 0.15) is 150 Å². The van der Waals surface area contributed by atoms with Gasteiger partial charge in [-0.15, -0.1) is 0 Å². The van der Waals surface area contributed by atoms with Crippen LogP contribution in [0.25, 0.3) is 0 Å². The van der Waals surface area contributed by atoms with E-state index in [0.717, 1.165) is 83.5 Å². The van der Waals surface area contributed by atoms with E-state index in [1.807, 2.05) is 27.7 Å². The van der Waals surface area contributed by atoms with Crippen LogP contribution in [0.3, 0.4) is 0 Å². The molecule has 4 aliphatic carbocycles. The predicted molar refractivity (Wildman–Crippen MR) is 203 cm³/mol. The quantitative estimate of drug-likeness (QED) is 0.168.